The van der Waals surface area contributed by atoms with Crippen LogP contribution < -0.4 is 10.6 Å². The lowest BCUT2D eigenvalue weighted by atomic mass is 10.00. The number of aromatic amines is 1. The molecule has 0 aliphatic carbocycles. The molecule has 1 fully saturated rings. The molecule has 2 unspecified atom stereocenters. The van der Waals surface area contributed by atoms with Crippen LogP contribution >= 0.6 is 0 Å². The Labute approximate surface area is 137 Å². The lowest BCUT2D eigenvalue weighted by Gasteiger charge is -2.32. The Morgan fingerprint density at radius 2 is 2.04 bits per heavy atom. The highest BCUT2D eigenvalue weighted by atomic mass is 16.6. The fourth-order valence-electron chi connectivity index (χ4n) is 2.79. The summed E-state index contributed by atoms with van der Waals surface area (Å²) in [6, 6.07) is 0.401. The van der Waals surface area contributed by atoms with Crippen LogP contribution in [0, 0.1) is 0 Å². The number of nitrogens with zero attached hydrogens (tertiary/aromatic N) is 1. The molecule has 1 aliphatic rings. The summed E-state index contributed by atoms with van der Waals surface area (Å²) >= 11 is 0. The molecule has 0 saturated carbocycles. The SMILES string of the molecule is CC1CC(NCc2cn[nH]c2NC(=O)OC(C)(C)C)CC(C)O1. The monoisotopic (exact) mass is 324 g/mol. The average Bonchev–Trinajstić information content (AvgIpc) is 2.80. The van der Waals surface area contributed by atoms with Crippen LogP contribution in [0.25, 0.3) is 0 Å². The first kappa shape index (κ1) is 17.7. The van der Waals surface area contributed by atoms with E-state index in [9.17, 15) is 4.79 Å². The number of hydrogen-bond donors (Lipinski definition) is 3. The minimum atomic E-state index is -0.531. The maximum atomic E-state index is 11.9. The van der Waals surface area contributed by atoms with Crippen LogP contribution in [-0.2, 0) is 16.0 Å². The number of ether oxygens (including phenoxy) is 2. The molecule has 0 radical (unpaired) electrons. The van der Waals surface area contributed by atoms with Gasteiger partial charge in [0, 0.05) is 18.2 Å². The molecule has 23 heavy (non-hydrogen) atoms. The first-order valence-electron chi connectivity index (χ1n) is 8.14. The summed E-state index contributed by atoms with van der Waals surface area (Å²) < 4.78 is 11.0. The second-order valence-electron chi connectivity index (χ2n) is 7.20. The summed E-state index contributed by atoms with van der Waals surface area (Å²) in [6.45, 7) is 10.3. The molecule has 2 rings (SSSR count). The summed E-state index contributed by atoms with van der Waals surface area (Å²) in [5.74, 6) is 0.569. The van der Waals surface area contributed by atoms with Gasteiger partial charge in [-0.3, -0.25) is 10.4 Å². The highest BCUT2D eigenvalue weighted by Gasteiger charge is 2.24. The number of carbonyl (C=O) groups is 1. The Balaban J connectivity index is 1.87. The Kier molecular flexibility index (Phi) is 5.64. The molecule has 7 heteroatoms. The van der Waals surface area contributed by atoms with E-state index in [2.05, 4.69) is 34.7 Å². The quantitative estimate of drug-likeness (QED) is 0.792. The Morgan fingerprint density at radius 1 is 1.39 bits per heavy atom. The van der Waals surface area contributed by atoms with Crippen molar-refractivity contribution < 1.29 is 14.3 Å². The van der Waals surface area contributed by atoms with Gasteiger partial charge in [0.15, 0.2) is 0 Å². The summed E-state index contributed by atoms with van der Waals surface area (Å²) in [6.07, 6.45) is 3.72. The summed E-state index contributed by atoms with van der Waals surface area (Å²) in [5, 5.41) is 13.0. The van der Waals surface area contributed by atoms with Crippen molar-refractivity contribution in [2.45, 2.75) is 77.9 Å². The Hall–Kier alpha value is -1.60. The molecule has 1 amide bonds. The maximum Gasteiger partial charge on any atom is 0.413 e. The van der Waals surface area contributed by atoms with Gasteiger partial charge in [-0.05, 0) is 47.5 Å². The van der Waals surface area contributed by atoms with Crippen LogP contribution in [0.4, 0.5) is 10.6 Å². The second-order valence-corrected chi connectivity index (χ2v) is 7.20. The van der Waals surface area contributed by atoms with Gasteiger partial charge < -0.3 is 14.8 Å². The van der Waals surface area contributed by atoms with Crippen molar-refractivity contribution in [3.05, 3.63) is 11.8 Å². The molecule has 1 aromatic rings. The van der Waals surface area contributed by atoms with E-state index in [0.717, 1.165) is 18.4 Å². The van der Waals surface area contributed by atoms with Gasteiger partial charge >= 0.3 is 6.09 Å². The van der Waals surface area contributed by atoms with Gasteiger partial charge in [-0.25, -0.2) is 4.79 Å². The van der Waals surface area contributed by atoms with Gasteiger partial charge in [0.05, 0.1) is 18.4 Å². The van der Waals surface area contributed by atoms with Gasteiger partial charge in [-0.1, -0.05) is 0 Å². The van der Waals surface area contributed by atoms with Crippen LogP contribution in [0.2, 0.25) is 0 Å². The molecule has 0 spiro atoms. The third kappa shape index (κ3) is 5.84. The molecule has 3 N–H and O–H groups in total. The first-order chi connectivity index (χ1) is 10.7. The zero-order chi connectivity index (χ0) is 17.0. The largest absolute Gasteiger partial charge is 0.444 e. The fraction of sp³-hybridized carbons (Fsp3) is 0.750. The number of nitrogens with one attached hydrogen (secondary N) is 3. The van der Waals surface area contributed by atoms with Gasteiger partial charge in [0.25, 0.3) is 0 Å². The van der Waals surface area contributed by atoms with Gasteiger partial charge in [0.2, 0.25) is 0 Å². The van der Waals surface area contributed by atoms with Gasteiger partial charge in [-0.15, -0.1) is 0 Å². The maximum absolute atomic E-state index is 11.9. The number of hydrogen-bond acceptors (Lipinski definition) is 5. The predicted octanol–water partition coefficient (Wildman–Crippen LogP) is 2.80. The second kappa shape index (κ2) is 7.31. The van der Waals surface area contributed by atoms with Gasteiger partial charge in [-0.2, -0.15) is 5.10 Å². The normalized spacial score (nSPS) is 25.2. The molecule has 1 aliphatic heterocycles. The molecule has 1 saturated heterocycles. The minimum absolute atomic E-state index is 0.264. The predicted molar refractivity (Wildman–Crippen MR) is 88.3 cm³/mol. The third-order valence-corrected chi connectivity index (χ3v) is 3.62. The lowest BCUT2D eigenvalue weighted by Crippen LogP contribution is -2.41. The third-order valence-electron chi connectivity index (χ3n) is 3.62. The summed E-state index contributed by atoms with van der Waals surface area (Å²) in [5.41, 5.74) is 0.374. The number of anilines is 1. The van der Waals surface area contributed by atoms with Crippen LogP contribution in [0.5, 0.6) is 0 Å². The summed E-state index contributed by atoms with van der Waals surface area (Å²) in [4.78, 5) is 11.9. The topological polar surface area (TPSA) is 88.3 Å². The minimum Gasteiger partial charge on any atom is -0.444 e. The molecular weight excluding hydrogens is 296 g/mol. The van der Waals surface area contributed by atoms with Crippen LogP contribution in [0.1, 0.15) is 53.0 Å². The number of carbonyl (C=O) groups excluding carboxylic acids is 1. The molecule has 2 atom stereocenters. The molecule has 2 heterocycles. The zero-order valence-corrected chi connectivity index (χ0v) is 14.6. The van der Waals surface area contributed by atoms with E-state index in [1.54, 1.807) is 6.20 Å². The smallest absolute Gasteiger partial charge is 0.413 e. The van der Waals surface area contributed by atoms with E-state index < -0.39 is 11.7 Å². The zero-order valence-electron chi connectivity index (χ0n) is 14.6. The number of amides is 1. The van der Waals surface area contributed by atoms with Crippen molar-refractivity contribution in [1.29, 1.82) is 0 Å². The van der Waals surface area contributed by atoms with E-state index in [0.29, 0.717) is 18.4 Å². The van der Waals surface area contributed by atoms with E-state index >= 15 is 0 Å². The van der Waals surface area contributed by atoms with Crippen molar-refractivity contribution in [2.75, 3.05) is 5.32 Å². The van der Waals surface area contributed by atoms with Crippen molar-refractivity contribution in [3.8, 4) is 0 Å². The number of H-pyrrole nitrogens is 1. The molecule has 130 valence electrons. The highest BCUT2D eigenvalue weighted by molar-refractivity contribution is 5.84. The average molecular weight is 324 g/mol. The molecular formula is C16H28N4O3. The molecule has 0 bridgehead atoms. The van der Waals surface area contributed by atoms with Gasteiger partial charge in [0.1, 0.15) is 11.4 Å². The van der Waals surface area contributed by atoms with E-state index in [4.69, 9.17) is 9.47 Å². The summed E-state index contributed by atoms with van der Waals surface area (Å²) in [7, 11) is 0. The first-order valence-corrected chi connectivity index (χ1v) is 8.14. The molecule has 7 nitrogen and oxygen atoms in total. The van der Waals surface area contributed by atoms with Crippen molar-refractivity contribution in [1.82, 2.24) is 15.5 Å². The van der Waals surface area contributed by atoms with Crippen molar-refractivity contribution in [3.63, 3.8) is 0 Å². The van der Waals surface area contributed by atoms with Crippen molar-refractivity contribution in [2.24, 2.45) is 0 Å². The van der Waals surface area contributed by atoms with E-state index in [1.807, 2.05) is 20.8 Å². The van der Waals surface area contributed by atoms with Crippen molar-refractivity contribution >= 4 is 11.9 Å². The number of rotatable bonds is 4. The standard InChI is InChI=1S/C16H28N4O3/c1-10-6-13(7-11(2)22-10)17-8-12-9-18-20-14(12)19-15(21)23-16(3,4)5/h9-11,13,17H,6-8H2,1-5H3,(H2,18,19,20,21). The number of aromatic nitrogens is 2. The van der Waals surface area contributed by atoms with E-state index in [-0.39, 0.29) is 12.2 Å². The Bertz CT molecular complexity index is 514. The Morgan fingerprint density at radius 3 is 2.65 bits per heavy atom. The van der Waals surface area contributed by atoms with Crippen LogP contribution in [-0.4, -0.2) is 40.1 Å². The highest BCUT2D eigenvalue weighted by Crippen LogP contribution is 2.20. The fourth-order valence-corrected chi connectivity index (χ4v) is 2.79. The molecule has 0 aromatic carbocycles. The van der Waals surface area contributed by atoms with E-state index in [1.165, 1.54) is 0 Å². The van der Waals surface area contributed by atoms with Crippen LogP contribution in [0.3, 0.4) is 0 Å². The molecule has 1 aromatic heterocycles. The lowest BCUT2D eigenvalue weighted by molar-refractivity contribution is -0.0422. The van der Waals surface area contributed by atoms with Crippen LogP contribution in [0.15, 0.2) is 6.20 Å².